The third kappa shape index (κ3) is 5.47. The van der Waals surface area contributed by atoms with E-state index in [0.29, 0.717) is 5.88 Å². The summed E-state index contributed by atoms with van der Waals surface area (Å²) in [4.78, 5) is 0. The van der Waals surface area contributed by atoms with Crippen LogP contribution in [0, 0.1) is 0 Å². The van der Waals surface area contributed by atoms with Crippen molar-refractivity contribution in [1.82, 2.24) is 5.32 Å². The van der Waals surface area contributed by atoms with Gasteiger partial charge in [-0.2, -0.15) is 0 Å². The molecule has 2 N–H and O–H groups in total. The third-order valence-corrected chi connectivity index (χ3v) is 2.00. The number of rotatable bonds is 4. The van der Waals surface area contributed by atoms with E-state index in [1.807, 2.05) is 26.8 Å². The molecule has 1 aliphatic carbocycles. The van der Waals surface area contributed by atoms with Crippen molar-refractivity contribution >= 4 is 0 Å². The Morgan fingerprint density at radius 3 is 2.13 bits per heavy atom. The minimum absolute atomic E-state index is 0.0718. The lowest BCUT2D eigenvalue weighted by molar-refractivity contribution is 0.0390. The lowest BCUT2D eigenvalue weighted by Gasteiger charge is -2.25. The highest BCUT2D eigenvalue weighted by Crippen LogP contribution is 2.37. The summed E-state index contributed by atoms with van der Waals surface area (Å²) in [5.41, 5.74) is -0.107. The Morgan fingerprint density at radius 1 is 1.40 bits per heavy atom. The van der Waals surface area contributed by atoms with Gasteiger partial charge in [0.1, 0.15) is 5.60 Å². The van der Waals surface area contributed by atoms with Crippen molar-refractivity contribution in [2.75, 3.05) is 7.11 Å². The molecule has 0 aromatic carbocycles. The summed E-state index contributed by atoms with van der Waals surface area (Å²) in [6.07, 6.45) is 4.19. The van der Waals surface area contributed by atoms with Crippen molar-refractivity contribution in [2.45, 2.75) is 44.8 Å². The summed E-state index contributed by atoms with van der Waals surface area (Å²) < 4.78 is 5.56. The molecule has 0 bridgehead atoms. The largest absolute Gasteiger partial charge is 0.474 e. The second-order valence-electron chi connectivity index (χ2n) is 4.62. The van der Waals surface area contributed by atoms with Crippen molar-refractivity contribution in [3.63, 3.8) is 0 Å². The molecule has 0 radical (unpaired) electrons. The van der Waals surface area contributed by atoms with Gasteiger partial charge in [0.05, 0.1) is 5.54 Å². The fraction of sp³-hybridized carbons (Fsp3) is 0.667. The number of nitrogens with one attached hydrogen (secondary N) is 1. The van der Waals surface area contributed by atoms with Gasteiger partial charge < -0.3 is 15.2 Å². The van der Waals surface area contributed by atoms with E-state index >= 15 is 0 Å². The van der Waals surface area contributed by atoms with Gasteiger partial charge in [0.2, 0.25) is 0 Å². The molecular formula is C12H23NO2. The van der Waals surface area contributed by atoms with Crippen molar-refractivity contribution in [3.8, 4) is 0 Å². The van der Waals surface area contributed by atoms with Crippen LogP contribution >= 0.6 is 0 Å². The molecule has 0 saturated heterocycles. The maximum Gasteiger partial charge on any atom is 0.180 e. The smallest absolute Gasteiger partial charge is 0.180 e. The lowest BCUT2D eigenvalue weighted by Crippen LogP contribution is -2.32. The van der Waals surface area contributed by atoms with Crippen molar-refractivity contribution in [2.24, 2.45) is 0 Å². The zero-order valence-electron chi connectivity index (χ0n) is 10.3. The molecule has 0 atom stereocenters. The molecule has 3 heteroatoms. The lowest BCUT2D eigenvalue weighted by atomic mass is 10.2. The molecule has 3 nitrogen and oxygen atoms in total. The Balaban J connectivity index is 0.000000921. The number of aliphatic hydroxyl groups is 1. The van der Waals surface area contributed by atoms with Gasteiger partial charge in [-0.25, -0.2) is 0 Å². The highest BCUT2D eigenvalue weighted by Gasteiger charge is 2.40. The molecule has 1 fully saturated rings. The molecule has 15 heavy (non-hydrogen) atoms. The maximum absolute atomic E-state index is 7.00. The molecule has 0 amide bonds. The first-order valence-electron chi connectivity index (χ1n) is 5.11. The fourth-order valence-corrected chi connectivity index (χ4v) is 1.19. The average Bonchev–Trinajstić information content (AvgIpc) is 2.85. The van der Waals surface area contributed by atoms with Crippen LogP contribution in [-0.4, -0.2) is 23.4 Å². The second-order valence-corrected chi connectivity index (χ2v) is 4.62. The molecule has 0 aliphatic heterocycles. The Morgan fingerprint density at radius 2 is 1.87 bits per heavy atom. The van der Waals surface area contributed by atoms with Crippen molar-refractivity contribution in [1.29, 1.82) is 0 Å². The Bertz CT molecular complexity index is 224. The van der Waals surface area contributed by atoms with E-state index in [0.717, 1.165) is 20.0 Å². The van der Waals surface area contributed by atoms with Crippen LogP contribution in [0.5, 0.6) is 0 Å². The van der Waals surface area contributed by atoms with Crippen molar-refractivity contribution in [3.05, 3.63) is 25.1 Å². The first-order chi connectivity index (χ1) is 6.87. The predicted molar refractivity (Wildman–Crippen MR) is 63.4 cm³/mol. The summed E-state index contributed by atoms with van der Waals surface area (Å²) in [6.45, 7) is 13.6. The van der Waals surface area contributed by atoms with Crippen LogP contribution in [0.4, 0.5) is 0 Å². The van der Waals surface area contributed by atoms with E-state index in [2.05, 4.69) is 18.5 Å². The summed E-state index contributed by atoms with van der Waals surface area (Å²) in [5.74, 6) is 0.643. The van der Waals surface area contributed by atoms with Crippen molar-refractivity contribution < 1.29 is 9.84 Å². The predicted octanol–water partition coefficient (Wildman–Crippen LogP) is 2.19. The van der Waals surface area contributed by atoms with Crippen LogP contribution in [0.15, 0.2) is 25.1 Å². The molecule has 0 spiro atoms. The van der Waals surface area contributed by atoms with E-state index in [9.17, 15) is 0 Å². The monoisotopic (exact) mass is 213 g/mol. The average molecular weight is 213 g/mol. The molecule has 0 heterocycles. The minimum atomic E-state index is -0.179. The molecule has 88 valence electrons. The first kappa shape index (κ1) is 14.0. The molecule has 0 aromatic heterocycles. The standard InChI is InChI=1S/C11H19NO.CH4O/c1-6-11(7-8-11)12-9(2)13-10(3,4)5;1-2/h6,12H,1-2,7-8H2,3-5H3;2H,1H3. The normalized spacial score (nSPS) is 16.9. The van der Waals surface area contributed by atoms with E-state index in [1.54, 1.807) is 0 Å². The molecular weight excluding hydrogens is 190 g/mol. The Kier molecular flexibility index (Phi) is 4.88. The number of ether oxygens (including phenoxy) is 1. The molecule has 1 rings (SSSR count). The first-order valence-corrected chi connectivity index (χ1v) is 5.11. The second kappa shape index (κ2) is 5.21. The highest BCUT2D eigenvalue weighted by molar-refractivity contribution is 5.17. The Labute approximate surface area is 92.8 Å². The van der Waals surface area contributed by atoms with Crippen LogP contribution in [0.2, 0.25) is 0 Å². The quantitative estimate of drug-likeness (QED) is 0.555. The Hall–Kier alpha value is -0.960. The number of aliphatic hydroxyl groups excluding tert-OH is 1. The molecule has 1 aliphatic rings. The minimum Gasteiger partial charge on any atom is -0.474 e. The zero-order chi connectivity index (χ0) is 12.1. The van der Waals surface area contributed by atoms with Gasteiger partial charge in [-0.15, -0.1) is 6.58 Å². The van der Waals surface area contributed by atoms with Gasteiger partial charge in [-0.3, -0.25) is 0 Å². The summed E-state index contributed by atoms with van der Waals surface area (Å²) in [6, 6.07) is 0. The highest BCUT2D eigenvalue weighted by atomic mass is 16.5. The topological polar surface area (TPSA) is 41.5 Å². The van der Waals surface area contributed by atoms with E-state index < -0.39 is 0 Å². The van der Waals surface area contributed by atoms with Gasteiger partial charge in [0.25, 0.3) is 0 Å². The summed E-state index contributed by atoms with van der Waals surface area (Å²) in [5, 5.41) is 10.2. The molecule has 0 unspecified atom stereocenters. The summed E-state index contributed by atoms with van der Waals surface area (Å²) in [7, 11) is 1.00. The van der Waals surface area contributed by atoms with Gasteiger partial charge in [0, 0.05) is 7.11 Å². The van der Waals surface area contributed by atoms with Crippen LogP contribution in [0.25, 0.3) is 0 Å². The summed E-state index contributed by atoms with van der Waals surface area (Å²) >= 11 is 0. The SMILES string of the molecule is C=CC1(NC(=C)OC(C)(C)C)CC1.CO. The van der Waals surface area contributed by atoms with Crippen LogP contribution in [-0.2, 0) is 4.74 Å². The van der Waals surface area contributed by atoms with E-state index in [1.165, 1.54) is 0 Å². The van der Waals surface area contributed by atoms with E-state index in [-0.39, 0.29) is 11.1 Å². The van der Waals surface area contributed by atoms with Crippen LogP contribution in [0.3, 0.4) is 0 Å². The molecule has 1 saturated carbocycles. The van der Waals surface area contributed by atoms with Gasteiger partial charge in [0.15, 0.2) is 5.88 Å². The van der Waals surface area contributed by atoms with Crippen LogP contribution < -0.4 is 5.32 Å². The van der Waals surface area contributed by atoms with E-state index in [4.69, 9.17) is 9.84 Å². The fourth-order valence-electron chi connectivity index (χ4n) is 1.19. The van der Waals surface area contributed by atoms with Gasteiger partial charge >= 0.3 is 0 Å². The maximum atomic E-state index is 7.00. The number of hydrogen-bond donors (Lipinski definition) is 2. The number of hydrogen-bond acceptors (Lipinski definition) is 3. The zero-order valence-corrected chi connectivity index (χ0v) is 10.3. The van der Waals surface area contributed by atoms with Gasteiger partial charge in [-0.05, 0) is 40.2 Å². The molecule has 0 aromatic rings. The third-order valence-electron chi connectivity index (χ3n) is 2.00. The van der Waals surface area contributed by atoms with Crippen LogP contribution in [0.1, 0.15) is 33.6 Å². The van der Waals surface area contributed by atoms with Gasteiger partial charge in [-0.1, -0.05) is 6.08 Å².